The van der Waals surface area contributed by atoms with Gasteiger partial charge in [-0.1, -0.05) is 54.6 Å². The van der Waals surface area contributed by atoms with E-state index in [0.717, 1.165) is 41.0 Å². The van der Waals surface area contributed by atoms with Gasteiger partial charge >= 0.3 is 0 Å². The fourth-order valence-electron chi connectivity index (χ4n) is 4.93. The fourth-order valence-corrected chi connectivity index (χ4v) is 4.93. The highest BCUT2D eigenvalue weighted by Gasteiger charge is 2.39. The largest absolute Gasteiger partial charge is 0.497 e. The topological polar surface area (TPSA) is 94.3 Å². The van der Waals surface area contributed by atoms with Crippen LogP contribution in [0.5, 0.6) is 11.5 Å². The number of benzene rings is 3. The number of aliphatic hydroxyl groups is 1. The lowest BCUT2D eigenvalue weighted by Crippen LogP contribution is -2.50. The lowest BCUT2D eigenvalue weighted by Gasteiger charge is -2.38. The molecule has 1 saturated heterocycles. The molecule has 1 aliphatic rings. The molecule has 1 heterocycles. The Morgan fingerprint density at radius 3 is 1.84 bits per heavy atom. The number of ether oxygens (including phenoxy) is 3. The molecule has 7 heteroatoms. The van der Waals surface area contributed by atoms with E-state index < -0.39 is 11.6 Å². The highest BCUT2D eigenvalue weighted by molar-refractivity contribution is 5.82. The number of amides is 1. The van der Waals surface area contributed by atoms with Crippen molar-refractivity contribution in [1.29, 1.82) is 0 Å². The first-order valence-electron chi connectivity index (χ1n) is 12.7. The van der Waals surface area contributed by atoms with Crippen LogP contribution in [-0.2, 0) is 15.1 Å². The average molecular weight is 505 g/mol. The first-order valence-corrected chi connectivity index (χ1v) is 12.7. The summed E-state index contributed by atoms with van der Waals surface area (Å²) in [7, 11) is 3.26. The summed E-state index contributed by atoms with van der Waals surface area (Å²) in [6.45, 7) is 1.36. The number of methoxy groups -OCH3 is 2. The number of carbonyl (C=O) groups is 1. The maximum absolute atomic E-state index is 13.2. The van der Waals surface area contributed by atoms with Gasteiger partial charge < -0.3 is 30.0 Å². The molecule has 0 aliphatic carbocycles. The van der Waals surface area contributed by atoms with Crippen molar-refractivity contribution in [2.45, 2.75) is 24.5 Å². The van der Waals surface area contributed by atoms with E-state index in [1.165, 1.54) is 0 Å². The number of piperidine rings is 1. The van der Waals surface area contributed by atoms with Crippen LogP contribution < -0.4 is 15.2 Å². The number of hydrogen-bond acceptors (Lipinski definition) is 6. The van der Waals surface area contributed by atoms with Crippen LogP contribution in [-0.4, -0.2) is 62.5 Å². The molecule has 0 radical (unpaired) electrons. The summed E-state index contributed by atoms with van der Waals surface area (Å²) in [5.41, 5.74) is 8.09. The quantitative estimate of drug-likeness (QED) is 0.410. The van der Waals surface area contributed by atoms with Gasteiger partial charge in [-0.2, -0.15) is 0 Å². The van der Waals surface area contributed by atoms with E-state index in [1.54, 1.807) is 19.1 Å². The maximum Gasteiger partial charge on any atom is 0.241 e. The van der Waals surface area contributed by atoms with Crippen LogP contribution in [0.15, 0.2) is 78.9 Å². The van der Waals surface area contributed by atoms with Crippen molar-refractivity contribution >= 4 is 5.91 Å². The molecule has 0 aromatic heterocycles. The minimum Gasteiger partial charge on any atom is -0.497 e. The van der Waals surface area contributed by atoms with E-state index in [2.05, 4.69) is 0 Å². The molecule has 3 aromatic carbocycles. The number of carbonyl (C=O) groups excluding carboxylic acids is 1. The smallest absolute Gasteiger partial charge is 0.241 e. The van der Waals surface area contributed by atoms with Gasteiger partial charge in [0.2, 0.25) is 5.91 Å². The molecule has 196 valence electrons. The van der Waals surface area contributed by atoms with E-state index in [1.807, 2.05) is 78.9 Å². The first-order chi connectivity index (χ1) is 18.0. The Hall–Kier alpha value is -3.39. The number of aliphatic hydroxyl groups excluding tert-OH is 1. The zero-order valence-electron chi connectivity index (χ0n) is 21.5. The highest BCUT2D eigenvalue weighted by Crippen LogP contribution is 2.41. The molecule has 1 aliphatic heterocycles. The molecule has 3 N–H and O–H groups in total. The molecule has 0 bridgehead atoms. The van der Waals surface area contributed by atoms with E-state index in [9.17, 15) is 9.90 Å². The van der Waals surface area contributed by atoms with Gasteiger partial charge in [0.05, 0.1) is 20.8 Å². The second-order valence-electron chi connectivity index (χ2n) is 9.37. The Kier molecular flexibility index (Phi) is 8.82. The Bertz CT molecular complexity index is 1080. The second-order valence-corrected chi connectivity index (χ2v) is 9.37. The normalized spacial score (nSPS) is 15.3. The van der Waals surface area contributed by atoms with Gasteiger partial charge in [0, 0.05) is 19.7 Å². The van der Waals surface area contributed by atoms with Crippen molar-refractivity contribution in [2.24, 2.45) is 11.7 Å². The lowest BCUT2D eigenvalue weighted by molar-refractivity contribution is -0.136. The molecule has 1 fully saturated rings. The monoisotopic (exact) mass is 504 g/mol. The minimum atomic E-state index is -1.03. The molecule has 4 rings (SSSR count). The molecular weight excluding hydrogens is 468 g/mol. The van der Waals surface area contributed by atoms with Crippen molar-refractivity contribution in [1.82, 2.24) is 4.90 Å². The van der Waals surface area contributed by atoms with E-state index in [0.29, 0.717) is 13.1 Å². The Morgan fingerprint density at radius 2 is 1.38 bits per heavy atom. The standard InChI is InChI=1S/C30H36N2O5/c1-35-26-12-8-24(9-13-26)30(23-6-4-3-5-7-23,25-10-14-27(36-2)15-11-25)37-21-28(31)29(34)32-18-16-22(20-33)17-19-32/h3-15,22,28,33H,16-21,31H2,1-2H3. The molecule has 3 aromatic rings. The summed E-state index contributed by atoms with van der Waals surface area (Å²) in [4.78, 5) is 15.0. The summed E-state index contributed by atoms with van der Waals surface area (Å²) in [5, 5.41) is 9.43. The van der Waals surface area contributed by atoms with Gasteiger partial charge in [0.1, 0.15) is 23.1 Å². The van der Waals surface area contributed by atoms with Crippen molar-refractivity contribution in [3.8, 4) is 11.5 Å². The molecule has 1 unspecified atom stereocenters. The van der Waals surface area contributed by atoms with Crippen LogP contribution in [0.1, 0.15) is 29.5 Å². The van der Waals surface area contributed by atoms with Crippen molar-refractivity contribution in [3.05, 3.63) is 95.6 Å². The van der Waals surface area contributed by atoms with Crippen LogP contribution >= 0.6 is 0 Å². The van der Waals surface area contributed by atoms with Crippen LogP contribution in [0.2, 0.25) is 0 Å². The predicted octanol–water partition coefficient (Wildman–Crippen LogP) is 3.57. The molecule has 7 nitrogen and oxygen atoms in total. The number of nitrogens with zero attached hydrogens (tertiary/aromatic N) is 1. The summed E-state index contributed by atoms with van der Waals surface area (Å²) < 4.78 is 17.5. The zero-order chi connectivity index (χ0) is 26.3. The van der Waals surface area contributed by atoms with Crippen molar-refractivity contribution < 1.29 is 24.1 Å². The van der Waals surface area contributed by atoms with Crippen LogP contribution in [0.25, 0.3) is 0 Å². The summed E-state index contributed by atoms with van der Waals surface area (Å²) in [6, 6.07) is 24.6. The zero-order valence-corrected chi connectivity index (χ0v) is 21.5. The Balaban J connectivity index is 1.70. The first kappa shape index (κ1) is 26.7. The highest BCUT2D eigenvalue weighted by atomic mass is 16.5. The average Bonchev–Trinajstić information content (AvgIpc) is 2.98. The van der Waals surface area contributed by atoms with Crippen molar-refractivity contribution in [2.75, 3.05) is 40.5 Å². The molecule has 37 heavy (non-hydrogen) atoms. The molecule has 0 saturated carbocycles. The molecule has 0 spiro atoms. The van der Waals surface area contributed by atoms with Gasteiger partial charge in [-0.25, -0.2) is 0 Å². The maximum atomic E-state index is 13.2. The summed E-state index contributed by atoms with van der Waals surface area (Å²) >= 11 is 0. The third-order valence-corrected chi connectivity index (χ3v) is 7.15. The minimum absolute atomic E-state index is 0.0196. The predicted molar refractivity (Wildman–Crippen MR) is 143 cm³/mol. The molecule has 1 amide bonds. The van der Waals surface area contributed by atoms with Crippen molar-refractivity contribution in [3.63, 3.8) is 0 Å². The fraction of sp³-hybridized carbons (Fsp3) is 0.367. The van der Waals surface area contributed by atoms with Gasteiger partial charge in [-0.05, 0) is 59.7 Å². The lowest BCUT2D eigenvalue weighted by atomic mass is 9.80. The van der Waals surface area contributed by atoms with E-state index in [-0.39, 0.29) is 25.0 Å². The Labute approximate surface area is 218 Å². The van der Waals surface area contributed by atoms with Gasteiger partial charge in [-0.3, -0.25) is 4.79 Å². The number of hydrogen-bond donors (Lipinski definition) is 2. The van der Waals surface area contributed by atoms with Crippen LogP contribution in [0, 0.1) is 5.92 Å². The van der Waals surface area contributed by atoms with E-state index in [4.69, 9.17) is 19.9 Å². The third-order valence-electron chi connectivity index (χ3n) is 7.15. The SMILES string of the molecule is COc1ccc(C(OCC(N)C(=O)N2CCC(CO)CC2)(c2ccccc2)c2ccc(OC)cc2)cc1. The summed E-state index contributed by atoms with van der Waals surface area (Å²) in [5.74, 6) is 1.58. The van der Waals surface area contributed by atoms with Gasteiger partial charge in [-0.15, -0.1) is 0 Å². The van der Waals surface area contributed by atoms with Crippen LogP contribution in [0.3, 0.4) is 0 Å². The number of rotatable bonds is 10. The molecular formula is C30H36N2O5. The number of likely N-dealkylation sites (tertiary alicyclic amines) is 1. The van der Waals surface area contributed by atoms with Gasteiger partial charge in [0.15, 0.2) is 0 Å². The van der Waals surface area contributed by atoms with Crippen LogP contribution in [0.4, 0.5) is 0 Å². The van der Waals surface area contributed by atoms with Gasteiger partial charge in [0.25, 0.3) is 0 Å². The Morgan fingerprint density at radius 1 is 0.892 bits per heavy atom. The number of nitrogens with two attached hydrogens (primary N) is 1. The van der Waals surface area contributed by atoms with E-state index >= 15 is 0 Å². The second kappa shape index (κ2) is 12.2. The molecule has 1 atom stereocenters. The summed E-state index contributed by atoms with van der Waals surface area (Å²) in [6.07, 6.45) is 1.56. The third kappa shape index (κ3) is 5.80.